The Bertz CT molecular complexity index is 1250. The average Bonchev–Trinajstić information content (AvgIpc) is 3.35. The maximum absolute atomic E-state index is 4.58. The Balaban J connectivity index is 1.76. The topological polar surface area (TPSA) is 42.5 Å². The Morgan fingerprint density at radius 3 is 1.58 bits per heavy atom. The van der Waals surface area contributed by atoms with Crippen molar-refractivity contribution in [2.24, 2.45) is 10.2 Å². The Morgan fingerprint density at radius 1 is 0.606 bits per heavy atom. The third-order valence-corrected chi connectivity index (χ3v) is 6.17. The number of halogens is 1. The minimum absolute atomic E-state index is 0.523. The molecule has 0 saturated carbocycles. The second-order valence-corrected chi connectivity index (χ2v) is 8.50. The van der Waals surface area contributed by atoms with Crippen LogP contribution in [-0.4, -0.2) is 9.55 Å². The molecule has 1 aromatic heterocycles. The van der Waals surface area contributed by atoms with Gasteiger partial charge in [0.15, 0.2) is 0 Å². The molecule has 0 bridgehead atoms. The lowest BCUT2D eigenvalue weighted by molar-refractivity contribution is 0.517. The van der Waals surface area contributed by atoms with Crippen molar-refractivity contribution in [2.45, 2.75) is 5.54 Å². The molecule has 0 saturated heterocycles. The standard InChI is InChI=1S/C28H21BrN4/c29-25-16-18-26(19-17-25)31-32-27-30-20-21-33(27)28(22-10-4-1-5-11-22,23-12-6-2-7-13-23)24-14-8-3-9-15-24/h1-21H. The third kappa shape index (κ3) is 4.03. The van der Waals surface area contributed by atoms with Crippen LogP contribution in [0.3, 0.4) is 0 Å². The van der Waals surface area contributed by atoms with Crippen molar-refractivity contribution < 1.29 is 0 Å². The van der Waals surface area contributed by atoms with Gasteiger partial charge < -0.3 is 0 Å². The first-order valence-corrected chi connectivity index (χ1v) is 11.5. The second-order valence-electron chi connectivity index (χ2n) is 7.58. The number of hydrogen-bond acceptors (Lipinski definition) is 3. The van der Waals surface area contributed by atoms with E-state index in [2.05, 4.69) is 109 Å². The molecule has 0 N–H and O–H groups in total. The molecule has 0 aliphatic heterocycles. The van der Waals surface area contributed by atoms with E-state index >= 15 is 0 Å². The molecule has 0 fully saturated rings. The molecule has 4 aromatic carbocycles. The van der Waals surface area contributed by atoms with Crippen molar-refractivity contribution in [3.63, 3.8) is 0 Å². The zero-order chi connectivity index (χ0) is 22.5. The predicted octanol–water partition coefficient (Wildman–Crippen LogP) is 7.90. The van der Waals surface area contributed by atoms with E-state index in [0.717, 1.165) is 26.9 Å². The predicted molar refractivity (Wildman–Crippen MR) is 135 cm³/mol. The third-order valence-electron chi connectivity index (χ3n) is 5.64. The fraction of sp³-hybridized carbons (Fsp3) is 0.0357. The highest BCUT2D eigenvalue weighted by molar-refractivity contribution is 9.10. The number of imidazole rings is 1. The molecule has 160 valence electrons. The van der Waals surface area contributed by atoms with Crippen LogP contribution in [-0.2, 0) is 5.54 Å². The largest absolute Gasteiger partial charge is 0.296 e. The van der Waals surface area contributed by atoms with Gasteiger partial charge in [0.1, 0.15) is 5.54 Å². The average molecular weight is 493 g/mol. The Hall–Kier alpha value is -3.83. The summed E-state index contributed by atoms with van der Waals surface area (Å²) in [7, 11) is 0. The fourth-order valence-corrected chi connectivity index (χ4v) is 4.46. The molecular formula is C28H21BrN4. The molecule has 0 spiro atoms. The summed E-state index contributed by atoms with van der Waals surface area (Å²) >= 11 is 3.46. The Morgan fingerprint density at radius 2 is 1.09 bits per heavy atom. The molecule has 1 heterocycles. The molecule has 0 unspecified atom stereocenters. The van der Waals surface area contributed by atoms with Gasteiger partial charge in [0.05, 0.1) is 5.69 Å². The summed E-state index contributed by atoms with van der Waals surface area (Å²) in [6.45, 7) is 0. The molecule has 5 heteroatoms. The van der Waals surface area contributed by atoms with Gasteiger partial charge in [-0.3, -0.25) is 4.57 Å². The summed E-state index contributed by atoms with van der Waals surface area (Å²) in [5.74, 6) is 0.523. The van der Waals surface area contributed by atoms with Gasteiger partial charge in [-0.1, -0.05) is 107 Å². The van der Waals surface area contributed by atoms with Gasteiger partial charge in [0, 0.05) is 16.9 Å². The molecule has 0 aliphatic carbocycles. The summed E-state index contributed by atoms with van der Waals surface area (Å²) in [6, 6.07) is 39.1. The van der Waals surface area contributed by atoms with Gasteiger partial charge in [-0.2, -0.15) is 0 Å². The van der Waals surface area contributed by atoms with Crippen LogP contribution in [0, 0.1) is 0 Å². The van der Waals surface area contributed by atoms with Gasteiger partial charge in [-0.25, -0.2) is 4.98 Å². The maximum atomic E-state index is 4.58. The van der Waals surface area contributed by atoms with Gasteiger partial charge in [0.2, 0.25) is 0 Å². The Kier molecular flexibility index (Phi) is 5.96. The zero-order valence-corrected chi connectivity index (χ0v) is 19.4. The summed E-state index contributed by atoms with van der Waals surface area (Å²) in [4.78, 5) is 4.58. The lowest BCUT2D eigenvalue weighted by Crippen LogP contribution is -2.37. The molecule has 5 aromatic rings. The van der Waals surface area contributed by atoms with Gasteiger partial charge in [-0.05, 0) is 41.0 Å². The second kappa shape index (κ2) is 9.35. The van der Waals surface area contributed by atoms with Gasteiger partial charge in [-0.15, -0.1) is 10.2 Å². The van der Waals surface area contributed by atoms with Crippen LogP contribution in [0.5, 0.6) is 0 Å². The molecule has 0 amide bonds. The van der Waals surface area contributed by atoms with Crippen LogP contribution in [0.15, 0.2) is 142 Å². The summed E-state index contributed by atoms with van der Waals surface area (Å²) in [5.41, 5.74) is 3.42. The van der Waals surface area contributed by atoms with Gasteiger partial charge in [0.25, 0.3) is 5.95 Å². The zero-order valence-electron chi connectivity index (χ0n) is 17.8. The van der Waals surface area contributed by atoms with Crippen molar-refractivity contribution >= 4 is 27.6 Å². The van der Waals surface area contributed by atoms with Crippen molar-refractivity contribution in [3.05, 3.63) is 149 Å². The van der Waals surface area contributed by atoms with E-state index in [-0.39, 0.29) is 0 Å². The van der Waals surface area contributed by atoms with E-state index in [4.69, 9.17) is 0 Å². The van der Waals surface area contributed by atoms with Crippen LogP contribution in [0.1, 0.15) is 16.7 Å². The minimum Gasteiger partial charge on any atom is -0.296 e. The SMILES string of the molecule is Brc1ccc(N=Nc2nccn2C(c2ccccc2)(c2ccccc2)c2ccccc2)cc1. The quantitative estimate of drug-likeness (QED) is 0.175. The van der Waals surface area contributed by atoms with Crippen LogP contribution in [0.2, 0.25) is 0 Å². The maximum Gasteiger partial charge on any atom is 0.250 e. The lowest BCUT2D eigenvalue weighted by atomic mass is 9.76. The number of aromatic nitrogens is 2. The molecule has 0 radical (unpaired) electrons. The molecular weight excluding hydrogens is 472 g/mol. The summed E-state index contributed by atoms with van der Waals surface area (Å²) in [6.07, 6.45) is 3.75. The highest BCUT2D eigenvalue weighted by Gasteiger charge is 2.39. The van der Waals surface area contributed by atoms with Gasteiger partial charge >= 0.3 is 0 Å². The van der Waals surface area contributed by atoms with E-state index in [9.17, 15) is 0 Å². The monoisotopic (exact) mass is 492 g/mol. The van der Waals surface area contributed by atoms with Crippen molar-refractivity contribution in [1.82, 2.24) is 9.55 Å². The number of benzene rings is 4. The van der Waals surface area contributed by atoms with E-state index in [0.29, 0.717) is 5.95 Å². The smallest absolute Gasteiger partial charge is 0.250 e. The normalized spacial score (nSPS) is 11.7. The molecule has 5 rings (SSSR count). The van der Waals surface area contributed by atoms with Crippen LogP contribution >= 0.6 is 15.9 Å². The fourth-order valence-electron chi connectivity index (χ4n) is 4.20. The Labute approximate surface area is 201 Å². The number of rotatable bonds is 6. The lowest BCUT2D eigenvalue weighted by Gasteiger charge is -2.37. The molecule has 0 atom stereocenters. The van der Waals surface area contributed by atoms with Crippen molar-refractivity contribution in [1.29, 1.82) is 0 Å². The first-order valence-electron chi connectivity index (χ1n) is 10.7. The highest BCUT2D eigenvalue weighted by Crippen LogP contribution is 2.43. The number of hydrogen-bond donors (Lipinski definition) is 0. The summed E-state index contributed by atoms with van der Waals surface area (Å²) < 4.78 is 3.11. The van der Waals surface area contributed by atoms with E-state index in [1.807, 2.05) is 48.7 Å². The van der Waals surface area contributed by atoms with Crippen LogP contribution < -0.4 is 0 Å². The number of nitrogens with zero attached hydrogens (tertiary/aromatic N) is 4. The molecule has 0 aliphatic rings. The number of azo groups is 1. The van der Waals surface area contributed by atoms with Crippen LogP contribution in [0.4, 0.5) is 11.6 Å². The van der Waals surface area contributed by atoms with E-state index < -0.39 is 5.54 Å². The van der Waals surface area contributed by atoms with E-state index in [1.54, 1.807) is 6.20 Å². The molecule has 4 nitrogen and oxygen atoms in total. The van der Waals surface area contributed by atoms with Crippen LogP contribution in [0.25, 0.3) is 0 Å². The van der Waals surface area contributed by atoms with Crippen molar-refractivity contribution in [2.75, 3.05) is 0 Å². The van der Waals surface area contributed by atoms with E-state index in [1.165, 1.54) is 0 Å². The summed E-state index contributed by atoms with van der Waals surface area (Å²) in [5, 5.41) is 9.04. The highest BCUT2D eigenvalue weighted by atomic mass is 79.9. The first-order chi connectivity index (χ1) is 16.3. The van der Waals surface area contributed by atoms with Crippen molar-refractivity contribution in [3.8, 4) is 0 Å². The molecule has 33 heavy (non-hydrogen) atoms. The minimum atomic E-state index is -0.672. The first kappa shape index (κ1) is 21.0.